The molecule has 0 aliphatic rings. The first-order valence-electron chi connectivity index (χ1n) is 8.79. The van der Waals surface area contributed by atoms with Crippen LogP contribution in [0.2, 0.25) is 0 Å². The van der Waals surface area contributed by atoms with Gasteiger partial charge >= 0.3 is 0 Å². The van der Waals surface area contributed by atoms with Crippen LogP contribution in [-0.2, 0) is 6.54 Å². The number of hydrogen-bond acceptors (Lipinski definition) is 3. The van der Waals surface area contributed by atoms with Crippen LogP contribution in [0.15, 0.2) is 66.9 Å². The highest BCUT2D eigenvalue weighted by Gasteiger charge is 2.13. The number of hydrogen-bond donors (Lipinski definition) is 2. The lowest BCUT2D eigenvalue weighted by atomic mass is 10.1. The standard InChI is InChI=1S/C21H18FN5O/c1-14-6-8-15(9-7-14)18-12-19(25-24-18)21(28)23-20-10-11-27(26-20)13-16-4-2-3-5-17(16)22/h2-12H,13H2,1H3,(H,24,25)(H,23,26,28). The number of nitrogens with one attached hydrogen (secondary N) is 2. The molecular formula is C21H18FN5O. The van der Waals surface area contributed by atoms with Gasteiger partial charge in [0.25, 0.3) is 5.91 Å². The predicted octanol–water partition coefficient (Wildman–Crippen LogP) is 4.02. The molecule has 0 spiro atoms. The first kappa shape index (κ1) is 17.7. The molecule has 2 aromatic heterocycles. The highest BCUT2D eigenvalue weighted by molar-refractivity contribution is 6.02. The van der Waals surface area contributed by atoms with Crippen LogP contribution in [0, 0.1) is 12.7 Å². The average molecular weight is 375 g/mol. The molecule has 2 aromatic carbocycles. The molecule has 0 saturated carbocycles. The first-order chi connectivity index (χ1) is 13.6. The Balaban J connectivity index is 1.44. The number of carbonyl (C=O) groups excluding carboxylic acids is 1. The molecule has 0 atom stereocenters. The van der Waals surface area contributed by atoms with E-state index in [1.54, 1.807) is 41.2 Å². The van der Waals surface area contributed by atoms with E-state index in [1.807, 2.05) is 31.2 Å². The van der Waals surface area contributed by atoms with E-state index >= 15 is 0 Å². The molecule has 2 heterocycles. The van der Waals surface area contributed by atoms with Crippen molar-refractivity contribution in [1.82, 2.24) is 20.0 Å². The molecule has 0 aliphatic heterocycles. The number of aryl methyl sites for hydroxylation is 1. The summed E-state index contributed by atoms with van der Waals surface area (Å²) in [5, 5.41) is 13.9. The number of H-pyrrole nitrogens is 1. The van der Waals surface area contributed by atoms with Gasteiger partial charge in [0.2, 0.25) is 0 Å². The van der Waals surface area contributed by atoms with E-state index in [9.17, 15) is 9.18 Å². The van der Waals surface area contributed by atoms with E-state index in [2.05, 4.69) is 20.6 Å². The van der Waals surface area contributed by atoms with E-state index < -0.39 is 0 Å². The van der Waals surface area contributed by atoms with Crippen molar-refractivity contribution in [3.63, 3.8) is 0 Å². The maximum Gasteiger partial charge on any atom is 0.274 e. The number of aromatic nitrogens is 4. The molecule has 0 unspecified atom stereocenters. The molecule has 0 radical (unpaired) electrons. The number of benzene rings is 2. The highest BCUT2D eigenvalue weighted by Crippen LogP contribution is 2.19. The van der Waals surface area contributed by atoms with E-state index in [0.717, 1.165) is 11.1 Å². The number of aromatic amines is 1. The van der Waals surface area contributed by atoms with E-state index in [-0.39, 0.29) is 18.3 Å². The molecule has 0 saturated heterocycles. The molecule has 0 bridgehead atoms. The minimum Gasteiger partial charge on any atom is -0.304 e. The van der Waals surface area contributed by atoms with Gasteiger partial charge in [-0.25, -0.2) is 4.39 Å². The summed E-state index contributed by atoms with van der Waals surface area (Å²) in [5.41, 5.74) is 3.63. The second-order valence-corrected chi connectivity index (χ2v) is 6.48. The van der Waals surface area contributed by atoms with Crippen LogP contribution in [-0.4, -0.2) is 25.9 Å². The third-order valence-corrected chi connectivity index (χ3v) is 4.34. The molecule has 7 heteroatoms. The van der Waals surface area contributed by atoms with Gasteiger partial charge in [0.1, 0.15) is 11.5 Å². The summed E-state index contributed by atoms with van der Waals surface area (Å²) in [7, 11) is 0. The number of halogens is 1. The molecule has 0 aliphatic carbocycles. The van der Waals surface area contributed by atoms with Crippen LogP contribution in [0.1, 0.15) is 21.6 Å². The smallest absolute Gasteiger partial charge is 0.274 e. The van der Waals surface area contributed by atoms with Crippen LogP contribution in [0.3, 0.4) is 0 Å². The Labute approximate surface area is 161 Å². The Bertz CT molecular complexity index is 1110. The van der Waals surface area contributed by atoms with Gasteiger partial charge in [0, 0.05) is 23.4 Å². The van der Waals surface area contributed by atoms with Crippen molar-refractivity contribution in [3.05, 3.63) is 89.5 Å². The van der Waals surface area contributed by atoms with Gasteiger partial charge in [-0.2, -0.15) is 10.2 Å². The lowest BCUT2D eigenvalue weighted by molar-refractivity contribution is 0.102. The van der Waals surface area contributed by atoms with Crippen molar-refractivity contribution >= 4 is 11.7 Å². The fourth-order valence-electron chi connectivity index (χ4n) is 2.81. The van der Waals surface area contributed by atoms with Crippen LogP contribution >= 0.6 is 0 Å². The van der Waals surface area contributed by atoms with Crippen molar-refractivity contribution in [2.45, 2.75) is 13.5 Å². The topological polar surface area (TPSA) is 75.6 Å². The van der Waals surface area contributed by atoms with E-state index in [1.165, 1.54) is 6.07 Å². The van der Waals surface area contributed by atoms with Crippen LogP contribution < -0.4 is 5.32 Å². The first-order valence-corrected chi connectivity index (χ1v) is 8.79. The fraction of sp³-hybridized carbons (Fsp3) is 0.0952. The zero-order chi connectivity index (χ0) is 19.5. The molecule has 0 fully saturated rings. The quantitative estimate of drug-likeness (QED) is 0.553. The minimum absolute atomic E-state index is 0.282. The van der Waals surface area contributed by atoms with Crippen LogP contribution in [0.4, 0.5) is 10.2 Å². The van der Waals surface area contributed by atoms with Crippen molar-refractivity contribution < 1.29 is 9.18 Å². The van der Waals surface area contributed by atoms with E-state index in [4.69, 9.17) is 0 Å². The molecular weight excluding hydrogens is 357 g/mol. The summed E-state index contributed by atoms with van der Waals surface area (Å²) >= 11 is 0. The number of carbonyl (C=O) groups is 1. The lowest BCUT2D eigenvalue weighted by Gasteiger charge is -2.03. The van der Waals surface area contributed by atoms with Gasteiger partial charge in [-0.05, 0) is 19.1 Å². The second kappa shape index (κ2) is 7.48. The zero-order valence-corrected chi connectivity index (χ0v) is 15.2. The molecule has 2 N–H and O–H groups in total. The molecule has 28 heavy (non-hydrogen) atoms. The second-order valence-electron chi connectivity index (χ2n) is 6.48. The summed E-state index contributed by atoms with van der Waals surface area (Å²) < 4.78 is 15.3. The van der Waals surface area contributed by atoms with E-state index in [0.29, 0.717) is 22.8 Å². The van der Waals surface area contributed by atoms with Gasteiger partial charge in [0.15, 0.2) is 5.82 Å². The largest absolute Gasteiger partial charge is 0.304 e. The average Bonchev–Trinajstić information content (AvgIpc) is 3.34. The van der Waals surface area contributed by atoms with Gasteiger partial charge in [-0.1, -0.05) is 48.0 Å². The third-order valence-electron chi connectivity index (χ3n) is 4.34. The molecule has 6 nitrogen and oxygen atoms in total. The predicted molar refractivity (Wildman–Crippen MR) is 104 cm³/mol. The van der Waals surface area contributed by atoms with Gasteiger partial charge in [-0.3, -0.25) is 14.6 Å². The molecule has 140 valence electrons. The van der Waals surface area contributed by atoms with Gasteiger partial charge < -0.3 is 5.32 Å². The Morgan fingerprint density at radius 2 is 1.93 bits per heavy atom. The Morgan fingerprint density at radius 1 is 1.14 bits per heavy atom. The maximum atomic E-state index is 13.8. The SMILES string of the molecule is Cc1ccc(-c2cc(C(=O)Nc3ccn(Cc4ccccc4F)n3)[nH]n2)cc1. The summed E-state index contributed by atoms with van der Waals surface area (Å²) in [5.74, 6) is -0.250. The lowest BCUT2D eigenvalue weighted by Crippen LogP contribution is -2.13. The van der Waals surface area contributed by atoms with Crippen molar-refractivity contribution in [1.29, 1.82) is 0 Å². The number of anilines is 1. The minimum atomic E-state index is -0.345. The number of nitrogens with zero attached hydrogens (tertiary/aromatic N) is 3. The van der Waals surface area contributed by atoms with Crippen molar-refractivity contribution in [2.24, 2.45) is 0 Å². The third kappa shape index (κ3) is 3.83. The van der Waals surface area contributed by atoms with Gasteiger partial charge in [-0.15, -0.1) is 0 Å². The Kier molecular flexibility index (Phi) is 4.72. The zero-order valence-electron chi connectivity index (χ0n) is 15.2. The van der Waals surface area contributed by atoms with Crippen LogP contribution in [0.5, 0.6) is 0 Å². The molecule has 1 amide bonds. The summed E-state index contributed by atoms with van der Waals surface area (Å²) in [6.45, 7) is 2.29. The monoisotopic (exact) mass is 375 g/mol. The van der Waals surface area contributed by atoms with Crippen LogP contribution in [0.25, 0.3) is 11.3 Å². The molecule has 4 rings (SSSR count). The summed E-state index contributed by atoms with van der Waals surface area (Å²) in [6.07, 6.45) is 1.69. The fourth-order valence-corrected chi connectivity index (χ4v) is 2.81. The molecule has 4 aromatic rings. The van der Waals surface area contributed by atoms with Crippen molar-refractivity contribution in [3.8, 4) is 11.3 Å². The summed E-state index contributed by atoms with van der Waals surface area (Å²) in [4.78, 5) is 12.4. The summed E-state index contributed by atoms with van der Waals surface area (Å²) in [6, 6.07) is 17.8. The number of rotatable bonds is 5. The van der Waals surface area contributed by atoms with Gasteiger partial charge in [0.05, 0.1) is 12.2 Å². The maximum absolute atomic E-state index is 13.8. The number of amides is 1. The highest BCUT2D eigenvalue weighted by atomic mass is 19.1. The normalized spacial score (nSPS) is 10.8. The van der Waals surface area contributed by atoms with Crippen molar-refractivity contribution in [2.75, 3.05) is 5.32 Å². The Hall–Kier alpha value is -3.74. The Morgan fingerprint density at radius 3 is 2.71 bits per heavy atom.